The van der Waals surface area contributed by atoms with E-state index in [9.17, 15) is 8.42 Å². The van der Waals surface area contributed by atoms with E-state index in [1.165, 1.54) is 3.97 Å². The third kappa shape index (κ3) is 3.33. The van der Waals surface area contributed by atoms with Gasteiger partial charge in [-0.3, -0.25) is 5.43 Å². The molecule has 8 heteroatoms. The molecule has 1 heterocycles. The van der Waals surface area contributed by atoms with E-state index in [0.717, 1.165) is 5.39 Å². The van der Waals surface area contributed by atoms with Crippen LogP contribution in [0.2, 0.25) is 0 Å². The van der Waals surface area contributed by atoms with Crippen LogP contribution in [0.1, 0.15) is 18.9 Å². The van der Waals surface area contributed by atoms with Crippen LogP contribution in [0.3, 0.4) is 0 Å². The largest absolute Gasteiger partial charge is 0.375 e. The van der Waals surface area contributed by atoms with Gasteiger partial charge in [0.25, 0.3) is 10.0 Å². The third-order valence-corrected chi connectivity index (χ3v) is 5.70. The minimum atomic E-state index is -3.73. The zero-order valence-electron chi connectivity index (χ0n) is 14.1. The van der Waals surface area contributed by atoms with Crippen molar-refractivity contribution in [2.45, 2.75) is 18.2 Å². The fourth-order valence-electron chi connectivity index (χ4n) is 2.74. The number of rotatable bonds is 5. The molecule has 26 heavy (non-hydrogen) atoms. The van der Waals surface area contributed by atoms with Crippen molar-refractivity contribution in [3.63, 3.8) is 0 Å². The second kappa shape index (κ2) is 7.27. The number of hydrogen-bond acceptors (Lipinski definition) is 4. The molecular formula is C18H18N4O2S2. The normalized spacial score (nSPS) is 12.3. The molecule has 1 aromatic heterocycles. The van der Waals surface area contributed by atoms with Gasteiger partial charge in [-0.25, -0.2) is 12.4 Å². The molecule has 0 saturated heterocycles. The van der Waals surface area contributed by atoms with Crippen LogP contribution in [-0.2, 0) is 10.0 Å². The van der Waals surface area contributed by atoms with Gasteiger partial charge in [0.05, 0.1) is 16.1 Å². The van der Waals surface area contributed by atoms with Gasteiger partial charge < -0.3 is 5.73 Å². The summed E-state index contributed by atoms with van der Waals surface area (Å²) in [6.07, 6.45) is 2.17. The fourth-order valence-corrected chi connectivity index (χ4v) is 4.17. The van der Waals surface area contributed by atoms with E-state index in [4.69, 9.17) is 18.0 Å². The van der Waals surface area contributed by atoms with Crippen LogP contribution in [0.4, 0.5) is 0 Å². The van der Waals surface area contributed by atoms with Crippen molar-refractivity contribution in [1.82, 2.24) is 9.40 Å². The number of nitrogens with zero attached hydrogens (tertiary/aromatic N) is 2. The minimum absolute atomic E-state index is 0.0524. The van der Waals surface area contributed by atoms with Gasteiger partial charge in [-0.2, -0.15) is 5.10 Å². The summed E-state index contributed by atoms with van der Waals surface area (Å²) in [5, 5.41) is 5.06. The monoisotopic (exact) mass is 386 g/mol. The van der Waals surface area contributed by atoms with Gasteiger partial charge in [0, 0.05) is 17.1 Å². The van der Waals surface area contributed by atoms with Gasteiger partial charge in [-0.05, 0) is 36.8 Å². The maximum absolute atomic E-state index is 13.1. The van der Waals surface area contributed by atoms with Crippen LogP contribution in [0, 0.1) is 0 Å². The molecule has 3 rings (SSSR count). The lowest BCUT2D eigenvalue weighted by Gasteiger charge is -2.07. The predicted octanol–water partition coefficient (Wildman–Crippen LogP) is 2.83. The summed E-state index contributed by atoms with van der Waals surface area (Å²) in [5.74, 6) is 0. The molecular weight excluding hydrogens is 368 g/mol. The van der Waals surface area contributed by atoms with Crippen molar-refractivity contribution in [1.29, 1.82) is 0 Å². The maximum Gasteiger partial charge on any atom is 0.268 e. The Morgan fingerprint density at radius 3 is 2.46 bits per heavy atom. The van der Waals surface area contributed by atoms with E-state index in [1.807, 2.05) is 19.1 Å². The second-order valence-electron chi connectivity index (χ2n) is 5.56. The van der Waals surface area contributed by atoms with Crippen molar-refractivity contribution in [2.24, 2.45) is 10.8 Å². The lowest BCUT2D eigenvalue weighted by molar-refractivity contribution is 0.589. The Bertz CT molecular complexity index is 1090. The molecule has 2 aromatic carbocycles. The van der Waals surface area contributed by atoms with E-state index >= 15 is 0 Å². The highest BCUT2D eigenvalue weighted by Gasteiger charge is 2.22. The van der Waals surface area contributed by atoms with E-state index in [0.29, 0.717) is 23.2 Å². The van der Waals surface area contributed by atoms with E-state index in [2.05, 4.69) is 10.5 Å². The number of nitrogens with one attached hydrogen (secondary N) is 1. The van der Waals surface area contributed by atoms with Crippen LogP contribution < -0.4 is 11.2 Å². The van der Waals surface area contributed by atoms with Gasteiger partial charge in [0.2, 0.25) is 0 Å². The third-order valence-electron chi connectivity index (χ3n) is 3.92. The number of thiocarbonyl (C=S) groups is 1. The maximum atomic E-state index is 13.1. The molecule has 6 nitrogen and oxygen atoms in total. The first-order valence-electron chi connectivity index (χ1n) is 7.98. The number of nitrogens with two attached hydrogens (primary N) is 1. The summed E-state index contributed by atoms with van der Waals surface area (Å²) in [5.41, 5.74) is 9.99. The summed E-state index contributed by atoms with van der Waals surface area (Å²) < 4.78 is 27.5. The number of hydrazone groups is 1. The van der Waals surface area contributed by atoms with Crippen LogP contribution in [0.5, 0.6) is 0 Å². The molecule has 0 aliphatic carbocycles. The van der Waals surface area contributed by atoms with Gasteiger partial charge in [0.15, 0.2) is 5.11 Å². The summed E-state index contributed by atoms with van der Waals surface area (Å²) >= 11 is 4.79. The standard InChI is InChI=1S/C18H18N4O2S2/c1-2-16(20-21-18(19)25)15-12-22(17-11-7-6-10-14(15)17)26(23,24)13-8-4-3-5-9-13/h3-12H,2H2,1H3,(H3,19,21,25)/b20-16-. The Labute approximate surface area is 157 Å². The van der Waals surface area contributed by atoms with Crippen LogP contribution in [-0.4, -0.2) is 23.2 Å². The van der Waals surface area contributed by atoms with Crippen LogP contribution in [0.15, 0.2) is 70.8 Å². The highest BCUT2D eigenvalue weighted by Crippen LogP contribution is 2.27. The number of para-hydroxylation sites is 1. The molecule has 0 aliphatic rings. The lowest BCUT2D eigenvalue weighted by atomic mass is 10.1. The van der Waals surface area contributed by atoms with Crippen molar-refractivity contribution in [3.05, 3.63) is 66.4 Å². The van der Waals surface area contributed by atoms with Gasteiger partial charge >= 0.3 is 0 Å². The molecule has 3 aromatic rings. The molecule has 0 atom stereocenters. The Morgan fingerprint density at radius 2 is 1.81 bits per heavy atom. The SMILES string of the molecule is CC/C(=N/NC(N)=S)c1cn(S(=O)(=O)c2ccccc2)c2ccccc12. The summed E-state index contributed by atoms with van der Waals surface area (Å²) in [6.45, 7) is 1.93. The second-order valence-corrected chi connectivity index (χ2v) is 7.82. The van der Waals surface area contributed by atoms with Gasteiger partial charge in [-0.15, -0.1) is 0 Å². The molecule has 0 unspecified atom stereocenters. The molecule has 0 saturated carbocycles. The van der Waals surface area contributed by atoms with Crippen LogP contribution >= 0.6 is 12.2 Å². The Hall–Kier alpha value is -2.71. The first-order valence-corrected chi connectivity index (χ1v) is 9.83. The molecule has 0 aliphatic heterocycles. The average molecular weight is 387 g/mol. The Morgan fingerprint density at radius 1 is 1.15 bits per heavy atom. The number of benzene rings is 2. The summed E-state index contributed by atoms with van der Waals surface area (Å²) in [4.78, 5) is 0.226. The molecule has 3 N–H and O–H groups in total. The lowest BCUT2D eigenvalue weighted by Crippen LogP contribution is -2.25. The van der Waals surface area contributed by atoms with Crippen molar-refractivity contribution < 1.29 is 8.42 Å². The first-order chi connectivity index (χ1) is 12.4. The highest BCUT2D eigenvalue weighted by atomic mass is 32.2. The Balaban J connectivity index is 2.23. The zero-order valence-corrected chi connectivity index (χ0v) is 15.7. The van der Waals surface area contributed by atoms with Gasteiger partial charge in [0.1, 0.15) is 0 Å². The first kappa shape index (κ1) is 18.1. The zero-order chi connectivity index (χ0) is 18.7. The van der Waals surface area contributed by atoms with Crippen molar-refractivity contribution in [2.75, 3.05) is 0 Å². The fraction of sp³-hybridized carbons (Fsp3) is 0.111. The smallest absolute Gasteiger partial charge is 0.268 e. The van der Waals surface area contributed by atoms with E-state index in [1.54, 1.807) is 48.7 Å². The highest BCUT2D eigenvalue weighted by molar-refractivity contribution is 7.90. The molecule has 0 radical (unpaired) electrons. The van der Waals surface area contributed by atoms with Crippen molar-refractivity contribution >= 4 is 44.0 Å². The molecule has 0 spiro atoms. The van der Waals surface area contributed by atoms with Gasteiger partial charge in [-0.1, -0.05) is 43.3 Å². The Kier molecular flexibility index (Phi) is 5.06. The number of fused-ring (bicyclic) bond motifs is 1. The topological polar surface area (TPSA) is 89.5 Å². The molecule has 134 valence electrons. The molecule has 0 amide bonds. The number of hydrogen-bond donors (Lipinski definition) is 2. The molecule has 0 fully saturated rings. The minimum Gasteiger partial charge on any atom is -0.375 e. The molecule has 0 bridgehead atoms. The number of aromatic nitrogens is 1. The van der Waals surface area contributed by atoms with Crippen molar-refractivity contribution in [3.8, 4) is 0 Å². The summed E-state index contributed by atoms with van der Waals surface area (Å²) in [7, 11) is -3.73. The average Bonchev–Trinajstić information content (AvgIpc) is 3.03. The van der Waals surface area contributed by atoms with E-state index in [-0.39, 0.29) is 10.0 Å². The van der Waals surface area contributed by atoms with Crippen LogP contribution in [0.25, 0.3) is 10.9 Å². The summed E-state index contributed by atoms with van der Waals surface area (Å²) in [6, 6.07) is 15.6. The predicted molar refractivity (Wildman–Crippen MR) is 108 cm³/mol. The quantitative estimate of drug-likeness (QED) is 0.400. The van der Waals surface area contributed by atoms with E-state index < -0.39 is 10.0 Å².